The van der Waals surface area contributed by atoms with E-state index in [4.69, 9.17) is 0 Å². The summed E-state index contributed by atoms with van der Waals surface area (Å²) >= 11 is 0. The summed E-state index contributed by atoms with van der Waals surface area (Å²) in [4.78, 5) is 11.9. The van der Waals surface area contributed by atoms with E-state index in [1.165, 1.54) is 5.57 Å². The molecule has 4 aliphatic rings. The number of aliphatic hydroxyl groups is 3. The van der Waals surface area contributed by atoms with Gasteiger partial charge in [0.15, 0.2) is 5.78 Å². The summed E-state index contributed by atoms with van der Waals surface area (Å²) in [5.41, 5.74) is 0.00120. The Morgan fingerprint density at radius 1 is 1.12 bits per heavy atom. The second-order valence-electron chi connectivity index (χ2n) is 9.59. The quantitative estimate of drug-likeness (QED) is 0.717. The van der Waals surface area contributed by atoms with Gasteiger partial charge in [0.2, 0.25) is 0 Å². The first-order valence-corrected chi connectivity index (χ1v) is 10.0. The van der Waals surface area contributed by atoms with Gasteiger partial charge in [-0.2, -0.15) is 0 Å². The molecule has 4 nitrogen and oxygen atoms in total. The van der Waals surface area contributed by atoms with E-state index in [0.29, 0.717) is 30.6 Å². The lowest BCUT2D eigenvalue weighted by Gasteiger charge is -2.59. The Morgan fingerprint density at radius 2 is 1.84 bits per heavy atom. The highest BCUT2D eigenvalue weighted by Gasteiger charge is 2.65. The van der Waals surface area contributed by atoms with Crippen LogP contribution >= 0.6 is 0 Å². The van der Waals surface area contributed by atoms with Gasteiger partial charge in [-0.25, -0.2) is 0 Å². The van der Waals surface area contributed by atoms with Crippen LogP contribution in [0.2, 0.25) is 0 Å². The lowest BCUT2D eigenvalue weighted by atomic mass is 9.46. The third kappa shape index (κ3) is 2.20. The van der Waals surface area contributed by atoms with Crippen LogP contribution < -0.4 is 0 Å². The second-order valence-corrected chi connectivity index (χ2v) is 9.59. The van der Waals surface area contributed by atoms with Gasteiger partial charge in [0.25, 0.3) is 0 Å². The molecule has 0 unspecified atom stereocenters. The molecule has 0 saturated heterocycles. The summed E-state index contributed by atoms with van der Waals surface area (Å²) in [5, 5.41) is 31.1. The molecule has 25 heavy (non-hydrogen) atoms. The molecular formula is C21H32O4. The number of allylic oxidation sites excluding steroid dienone is 1. The molecule has 0 spiro atoms. The van der Waals surface area contributed by atoms with E-state index >= 15 is 0 Å². The van der Waals surface area contributed by atoms with Gasteiger partial charge in [-0.1, -0.05) is 19.4 Å². The first-order chi connectivity index (χ1) is 11.8. The zero-order chi connectivity index (χ0) is 18.0. The van der Waals surface area contributed by atoms with Crippen molar-refractivity contribution in [1.82, 2.24) is 0 Å². The number of carbonyl (C=O) groups is 1. The molecule has 3 saturated carbocycles. The Morgan fingerprint density at radius 3 is 2.56 bits per heavy atom. The van der Waals surface area contributed by atoms with E-state index in [0.717, 1.165) is 38.5 Å². The van der Waals surface area contributed by atoms with Crippen LogP contribution in [0.3, 0.4) is 0 Å². The van der Waals surface area contributed by atoms with E-state index in [-0.39, 0.29) is 23.2 Å². The number of rotatable bonds is 2. The fraction of sp³-hybridized carbons (Fsp3) is 0.857. The molecule has 0 radical (unpaired) electrons. The highest BCUT2D eigenvalue weighted by Crippen LogP contribution is 2.67. The highest BCUT2D eigenvalue weighted by atomic mass is 16.4. The standard InChI is InChI=1S/C21H32O4/c1-19-8-5-14(23)11-13(19)3-4-15-16(19)6-9-20(2)17(15)7-10-21(20,25)18(24)12-22/h11,15-18,22,24-25H,3-10,12H2,1-2H3/t15-,16+,17+,18-,19-,20-,21+/m0/s1. The molecule has 0 aliphatic heterocycles. The molecule has 0 aromatic rings. The van der Waals surface area contributed by atoms with Crippen LogP contribution in [-0.2, 0) is 4.79 Å². The predicted molar refractivity (Wildman–Crippen MR) is 94.8 cm³/mol. The van der Waals surface area contributed by atoms with Gasteiger partial charge in [-0.05, 0) is 74.2 Å². The Kier molecular flexibility index (Phi) is 3.99. The third-order valence-electron chi connectivity index (χ3n) is 8.90. The van der Waals surface area contributed by atoms with Gasteiger partial charge in [-0.15, -0.1) is 0 Å². The van der Waals surface area contributed by atoms with Crippen LogP contribution in [0.1, 0.15) is 65.2 Å². The Labute approximate surface area is 150 Å². The van der Waals surface area contributed by atoms with Crippen molar-refractivity contribution in [2.24, 2.45) is 28.6 Å². The monoisotopic (exact) mass is 348 g/mol. The number of fused-ring (bicyclic) bond motifs is 5. The Hall–Kier alpha value is -0.710. The van der Waals surface area contributed by atoms with E-state index < -0.39 is 11.7 Å². The van der Waals surface area contributed by atoms with E-state index in [9.17, 15) is 20.1 Å². The molecule has 4 rings (SSSR count). The molecule has 0 bridgehead atoms. The molecule has 0 aromatic heterocycles. The molecule has 140 valence electrons. The Balaban J connectivity index is 1.67. The fourth-order valence-electron chi connectivity index (χ4n) is 7.31. The van der Waals surface area contributed by atoms with Crippen molar-refractivity contribution in [2.75, 3.05) is 6.61 Å². The van der Waals surface area contributed by atoms with Crippen molar-refractivity contribution in [3.63, 3.8) is 0 Å². The van der Waals surface area contributed by atoms with Gasteiger partial charge in [0.05, 0.1) is 12.2 Å². The smallest absolute Gasteiger partial charge is 0.155 e. The maximum Gasteiger partial charge on any atom is 0.155 e. The largest absolute Gasteiger partial charge is 0.394 e. The van der Waals surface area contributed by atoms with Gasteiger partial charge < -0.3 is 15.3 Å². The van der Waals surface area contributed by atoms with Crippen molar-refractivity contribution in [2.45, 2.75) is 76.9 Å². The maximum absolute atomic E-state index is 11.9. The summed E-state index contributed by atoms with van der Waals surface area (Å²) in [6, 6.07) is 0. The van der Waals surface area contributed by atoms with Crippen LogP contribution in [0, 0.1) is 28.6 Å². The minimum Gasteiger partial charge on any atom is -0.394 e. The first-order valence-electron chi connectivity index (χ1n) is 10.0. The molecule has 7 atom stereocenters. The average molecular weight is 348 g/mol. The summed E-state index contributed by atoms with van der Waals surface area (Å²) in [6.45, 7) is 4.12. The van der Waals surface area contributed by atoms with Crippen LogP contribution in [0.25, 0.3) is 0 Å². The van der Waals surface area contributed by atoms with E-state index in [2.05, 4.69) is 13.8 Å². The third-order valence-corrected chi connectivity index (χ3v) is 8.90. The Bertz CT molecular complexity index is 613. The zero-order valence-electron chi connectivity index (χ0n) is 15.5. The van der Waals surface area contributed by atoms with Gasteiger partial charge in [0.1, 0.15) is 6.10 Å². The SMILES string of the molecule is C[C@]12CCC(=O)C=C1CC[C@H]1[C@H]2CC[C@@]2(C)[C@@H]1CC[C@@]2(O)[C@@H](O)CO. The highest BCUT2D eigenvalue weighted by molar-refractivity contribution is 5.91. The summed E-state index contributed by atoms with van der Waals surface area (Å²) in [5.74, 6) is 1.81. The normalized spacial score (nSPS) is 50.5. The minimum atomic E-state index is -1.17. The molecule has 0 amide bonds. The number of hydrogen-bond acceptors (Lipinski definition) is 4. The predicted octanol–water partition coefficient (Wildman–Crippen LogP) is 2.60. The molecule has 0 heterocycles. The zero-order valence-corrected chi connectivity index (χ0v) is 15.5. The topological polar surface area (TPSA) is 77.8 Å². The van der Waals surface area contributed by atoms with Crippen molar-refractivity contribution in [3.05, 3.63) is 11.6 Å². The van der Waals surface area contributed by atoms with Crippen molar-refractivity contribution >= 4 is 5.78 Å². The molecule has 4 aliphatic carbocycles. The van der Waals surface area contributed by atoms with Crippen LogP contribution in [0.4, 0.5) is 0 Å². The van der Waals surface area contributed by atoms with E-state index in [1.807, 2.05) is 6.08 Å². The lowest BCUT2D eigenvalue weighted by molar-refractivity contribution is -0.184. The second kappa shape index (κ2) is 5.64. The summed E-state index contributed by atoms with van der Waals surface area (Å²) < 4.78 is 0. The first kappa shape index (κ1) is 17.7. The minimum absolute atomic E-state index is 0.133. The van der Waals surface area contributed by atoms with Crippen LogP contribution in [0.15, 0.2) is 11.6 Å². The number of carbonyl (C=O) groups excluding carboxylic acids is 1. The van der Waals surface area contributed by atoms with Crippen molar-refractivity contribution < 1.29 is 20.1 Å². The molecule has 3 N–H and O–H groups in total. The average Bonchev–Trinajstić information content (AvgIpc) is 2.87. The fourth-order valence-corrected chi connectivity index (χ4v) is 7.31. The summed E-state index contributed by atoms with van der Waals surface area (Å²) in [6.07, 6.45) is 8.03. The number of ketones is 1. The molecule has 3 fully saturated rings. The lowest BCUT2D eigenvalue weighted by Crippen LogP contribution is -2.59. The molecule has 0 aromatic carbocycles. The van der Waals surface area contributed by atoms with Gasteiger partial charge in [-0.3, -0.25) is 4.79 Å². The molecular weight excluding hydrogens is 316 g/mol. The van der Waals surface area contributed by atoms with Gasteiger partial charge >= 0.3 is 0 Å². The maximum atomic E-state index is 11.9. The van der Waals surface area contributed by atoms with Crippen molar-refractivity contribution in [1.29, 1.82) is 0 Å². The summed E-state index contributed by atoms with van der Waals surface area (Å²) in [7, 11) is 0. The number of hydrogen-bond donors (Lipinski definition) is 3. The number of aliphatic hydroxyl groups excluding tert-OH is 2. The molecule has 4 heteroatoms. The van der Waals surface area contributed by atoms with Gasteiger partial charge in [0, 0.05) is 11.8 Å². The van der Waals surface area contributed by atoms with Crippen LogP contribution in [0.5, 0.6) is 0 Å². The van der Waals surface area contributed by atoms with Crippen molar-refractivity contribution in [3.8, 4) is 0 Å². The van der Waals surface area contributed by atoms with Crippen LogP contribution in [-0.4, -0.2) is 39.4 Å². The van der Waals surface area contributed by atoms with E-state index in [1.54, 1.807) is 0 Å².